The molecule has 0 saturated carbocycles. The third-order valence-corrected chi connectivity index (χ3v) is 8.21. The van der Waals surface area contributed by atoms with Gasteiger partial charge >= 0.3 is 0 Å². The molecule has 2 heteroatoms. The maximum absolute atomic E-state index is 6.06. The number of rotatable bonds is 6. The van der Waals surface area contributed by atoms with Gasteiger partial charge in [0, 0.05) is 0 Å². The molecule has 0 unspecified atom stereocenters. The van der Waals surface area contributed by atoms with E-state index in [9.17, 15) is 0 Å². The van der Waals surface area contributed by atoms with E-state index in [0.29, 0.717) is 5.04 Å². The van der Waals surface area contributed by atoms with Crippen LogP contribution in [0.3, 0.4) is 0 Å². The maximum atomic E-state index is 6.06. The Labute approximate surface area is 109 Å². The van der Waals surface area contributed by atoms with E-state index in [1.165, 1.54) is 5.57 Å². The van der Waals surface area contributed by atoms with Gasteiger partial charge in [0.05, 0.1) is 6.61 Å². The molecule has 0 aromatic heterocycles. The normalized spacial score (nSPS) is 14.6. The minimum atomic E-state index is -1.56. The summed E-state index contributed by atoms with van der Waals surface area (Å²) in [5, 5.41) is 0.308. The molecular weight excluding hydrogens is 224 g/mol. The Morgan fingerprint density at radius 2 is 1.76 bits per heavy atom. The molecule has 0 aliphatic rings. The van der Waals surface area contributed by atoms with E-state index in [1.807, 2.05) is 0 Å². The topological polar surface area (TPSA) is 9.23 Å². The zero-order valence-electron chi connectivity index (χ0n) is 12.8. The molecule has 17 heavy (non-hydrogen) atoms. The van der Waals surface area contributed by atoms with Crippen LogP contribution in [0, 0.1) is 0 Å². The zero-order chi connectivity index (χ0) is 13.5. The SMILES string of the molecule is C/C=C(\C)CC/C=C/CO[Si](C)(C)C(C)(C)C. The van der Waals surface area contributed by atoms with Gasteiger partial charge in [-0.25, -0.2) is 0 Å². The van der Waals surface area contributed by atoms with Gasteiger partial charge in [-0.1, -0.05) is 44.6 Å². The van der Waals surface area contributed by atoms with Crippen LogP contribution in [0.25, 0.3) is 0 Å². The lowest BCUT2D eigenvalue weighted by molar-refractivity contribution is 0.327. The van der Waals surface area contributed by atoms with Crippen LogP contribution in [-0.2, 0) is 4.43 Å². The Kier molecular flexibility index (Phi) is 7.03. The monoisotopic (exact) mass is 254 g/mol. The van der Waals surface area contributed by atoms with Crippen molar-refractivity contribution in [2.45, 2.75) is 65.6 Å². The molecule has 0 saturated heterocycles. The third-order valence-electron chi connectivity index (χ3n) is 3.71. The molecule has 0 aliphatic carbocycles. The van der Waals surface area contributed by atoms with Crippen molar-refractivity contribution in [3.05, 3.63) is 23.8 Å². The Bertz CT molecular complexity index is 269. The molecule has 0 spiro atoms. The molecule has 0 aliphatic heterocycles. The first kappa shape index (κ1) is 16.7. The third kappa shape index (κ3) is 6.84. The van der Waals surface area contributed by atoms with E-state index in [2.05, 4.69) is 65.9 Å². The quantitative estimate of drug-likeness (QED) is 0.461. The average molecular weight is 254 g/mol. The molecule has 0 aromatic carbocycles. The van der Waals surface area contributed by atoms with Crippen molar-refractivity contribution in [1.82, 2.24) is 0 Å². The molecule has 0 N–H and O–H groups in total. The van der Waals surface area contributed by atoms with Crippen LogP contribution in [0.15, 0.2) is 23.8 Å². The highest BCUT2D eigenvalue weighted by Crippen LogP contribution is 2.36. The molecule has 0 fully saturated rings. The molecule has 0 aromatic rings. The fourth-order valence-corrected chi connectivity index (χ4v) is 2.06. The second-order valence-corrected chi connectivity index (χ2v) is 11.0. The lowest BCUT2D eigenvalue weighted by atomic mass is 10.1. The Morgan fingerprint density at radius 1 is 1.18 bits per heavy atom. The van der Waals surface area contributed by atoms with E-state index in [4.69, 9.17) is 4.43 Å². The van der Waals surface area contributed by atoms with Crippen LogP contribution in [0.1, 0.15) is 47.5 Å². The summed E-state index contributed by atoms with van der Waals surface area (Å²) in [6.07, 6.45) is 8.87. The van der Waals surface area contributed by atoms with Crippen molar-refractivity contribution in [3.8, 4) is 0 Å². The summed E-state index contributed by atoms with van der Waals surface area (Å²) in [4.78, 5) is 0. The summed E-state index contributed by atoms with van der Waals surface area (Å²) in [6, 6.07) is 0. The minimum Gasteiger partial charge on any atom is -0.413 e. The second-order valence-electron chi connectivity index (χ2n) is 6.22. The summed E-state index contributed by atoms with van der Waals surface area (Å²) < 4.78 is 6.06. The molecule has 0 amide bonds. The van der Waals surface area contributed by atoms with Crippen LogP contribution in [-0.4, -0.2) is 14.9 Å². The average Bonchev–Trinajstić information content (AvgIpc) is 2.21. The van der Waals surface area contributed by atoms with Gasteiger partial charge in [-0.2, -0.15) is 0 Å². The lowest BCUT2D eigenvalue weighted by Gasteiger charge is -2.35. The Hall–Kier alpha value is -0.343. The van der Waals surface area contributed by atoms with Crippen LogP contribution in [0.4, 0.5) is 0 Å². The van der Waals surface area contributed by atoms with Crippen molar-refractivity contribution >= 4 is 8.32 Å². The zero-order valence-corrected chi connectivity index (χ0v) is 13.8. The first-order valence-electron chi connectivity index (χ1n) is 6.61. The van der Waals surface area contributed by atoms with Crippen LogP contribution in [0.2, 0.25) is 18.1 Å². The van der Waals surface area contributed by atoms with Crippen molar-refractivity contribution in [3.63, 3.8) is 0 Å². The second kappa shape index (κ2) is 7.17. The standard InChI is InChI=1S/C15H30OSi/c1-8-14(2)12-10-9-11-13-16-17(6,7)15(3,4)5/h8-9,11H,10,12-13H2,1-7H3/b11-9+,14-8+. The van der Waals surface area contributed by atoms with E-state index < -0.39 is 8.32 Å². The van der Waals surface area contributed by atoms with Gasteiger partial charge in [0.25, 0.3) is 0 Å². The van der Waals surface area contributed by atoms with Gasteiger partial charge in [-0.15, -0.1) is 0 Å². The van der Waals surface area contributed by atoms with Crippen LogP contribution >= 0.6 is 0 Å². The Balaban J connectivity index is 3.88. The molecule has 0 heterocycles. The fourth-order valence-electron chi connectivity index (χ4n) is 1.11. The maximum Gasteiger partial charge on any atom is 0.192 e. The summed E-state index contributed by atoms with van der Waals surface area (Å²) in [7, 11) is -1.56. The van der Waals surface area contributed by atoms with Gasteiger partial charge in [-0.05, 0) is 44.8 Å². The largest absolute Gasteiger partial charge is 0.413 e. The van der Waals surface area contributed by atoms with E-state index >= 15 is 0 Å². The van der Waals surface area contributed by atoms with Gasteiger partial charge in [0.2, 0.25) is 0 Å². The van der Waals surface area contributed by atoms with Crippen molar-refractivity contribution in [2.24, 2.45) is 0 Å². The summed E-state index contributed by atoms with van der Waals surface area (Å²) >= 11 is 0. The minimum absolute atomic E-state index is 0.308. The van der Waals surface area contributed by atoms with Gasteiger partial charge in [-0.3, -0.25) is 0 Å². The van der Waals surface area contributed by atoms with E-state index in [-0.39, 0.29) is 0 Å². The number of hydrogen-bond acceptors (Lipinski definition) is 1. The van der Waals surface area contributed by atoms with Gasteiger partial charge in [0.1, 0.15) is 0 Å². The predicted octanol–water partition coefficient (Wildman–Crippen LogP) is 5.31. The highest BCUT2D eigenvalue weighted by molar-refractivity contribution is 6.74. The fraction of sp³-hybridized carbons (Fsp3) is 0.733. The van der Waals surface area contributed by atoms with E-state index in [0.717, 1.165) is 19.4 Å². The summed E-state index contributed by atoms with van der Waals surface area (Å²) in [5.74, 6) is 0. The molecule has 0 atom stereocenters. The smallest absolute Gasteiger partial charge is 0.192 e. The molecule has 0 radical (unpaired) electrons. The summed E-state index contributed by atoms with van der Waals surface area (Å²) in [6.45, 7) is 16.5. The van der Waals surface area contributed by atoms with Crippen LogP contribution in [0.5, 0.6) is 0 Å². The van der Waals surface area contributed by atoms with E-state index in [1.54, 1.807) is 0 Å². The first-order chi connectivity index (χ1) is 7.70. The van der Waals surface area contributed by atoms with Crippen LogP contribution < -0.4 is 0 Å². The van der Waals surface area contributed by atoms with Gasteiger partial charge < -0.3 is 4.43 Å². The number of allylic oxidation sites excluding steroid dienone is 3. The first-order valence-corrected chi connectivity index (χ1v) is 9.52. The van der Waals surface area contributed by atoms with Gasteiger partial charge in [0.15, 0.2) is 8.32 Å². The lowest BCUT2D eigenvalue weighted by Crippen LogP contribution is -2.40. The molecule has 100 valence electrons. The Morgan fingerprint density at radius 3 is 2.24 bits per heavy atom. The highest BCUT2D eigenvalue weighted by atomic mass is 28.4. The van der Waals surface area contributed by atoms with Crippen molar-refractivity contribution < 1.29 is 4.43 Å². The van der Waals surface area contributed by atoms with Crippen molar-refractivity contribution in [2.75, 3.05) is 6.61 Å². The summed E-state index contributed by atoms with van der Waals surface area (Å²) in [5.41, 5.74) is 1.46. The molecule has 1 nitrogen and oxygen atoms in total. The molecule has 0 rings (SSSR count). The molecule has 0 bridgehead atoms. The highest BCUT2D eigenvalue weighted by Gasteiger charge is 2.36. The van der Waals surface area contributed by atoms with Crippen molar-refractivity contribution in [1.29, 1.82) is 0 Å². The predicted molar refractivity (Wildman–Crippen MR) is 81.0 cm³/mol. The molecular formula is C15H30OSi. The number of hydrogen-bond donors (Lipinski definition) is 0.